The molecule has 2 aromatic carbocycles. The Hall–Kier alpha value is -3.62. The maximum atomic E-state index is 13.3. The third-order valence-corrected chi connectivity index (χ3v) is 8.37. The summed E-state index contributed by atoms with van der Waals surface area (Å²) in [7, 11) is -3.63. The average molecular weight is 551 g/mol. The number of anilines is 2. The topological polar surface area (TPSA) is 118 Å². The quantitative estimate of drug-likeness (QED) is 0.421. The molecular formula is C24H25F3N6O4S. The Labute approximate surface area is 217 Å². The van der Waals surface area contributed by atoms with E-state index in [-0.39, 0.29) is 29.6 Å². The fourth-order valence-corrected chi connectivity index (χ4v) is 6.40. The van der Waals surface area contributed by atoms with Crippen molar-refractivity contribution in [3.05, 3.63) is 71.3 Å². The lowest BCUT2D eigenvalue weighted by atomic mass is 10.0. The summed E-state index contributed by atoms with van der Waals surface area (Å²) in [5.41, 5.74) is 2.02. The highest BCUT2D eigenvalue weighted by Gasteiger charge is 2.42. The Morgan fingerprint density at radius 1 is 1.16 bits per heavy atom. The van der Waals surface area contributed by atoms with Crippen molar-refractivity contribution in [2.24, 2.45) is 0 Å². The van der Waals surface area contributed by atoms with Crippen LogP contribution in [0.15, 0.2) is 42.6 Å². The number of ether oxygens (including phenoxy) is 1. The molecule has 3 heterocycles. The van der Waals surface area contributed by atoms with Crippen molar-refractivity contribution in [2.75, 3.05) is 9.62 Å². The van der Waals surface area contributed by atoms with Crippen molar-refractivity contribution in [3.8, 4) is 5.75 Å². The molecule has 38 heavy (non-hydrogen) atoms. The average Bonchev–Trinajstić information content (AvgIpc) is 3.34. The zero-order valence-electron chi connectivity index (χ0n) is 20.4. The maximum Gasteiger partial charge on any atom is 0.417 e. The van der Waals surface area contributed by atoms with Gasteiger partial charge in [0.15, 0.2) is 17.5 Å². The number of benzene rings is 2. The van der Waals surface area contributed by atoms with Gasteiger partial charge in [-0.15, -0.1) is 0 Å². The summed E-state index contributed by atoms with van der Waals surface area (Å²) in [5.74, 6) is -4.28. The second-order valence-electron chi connectivity index (χ2n) is 9.30. The molecule has 3 atom stereocenters. The third-order valence-electron chi connectivity index (χ3n) is 6.65. The van der Waals surface area contributed by atoms with Crippen molar-refractivity contribution in [2.45, 2.75) is 51.5 Å². The summed E-state index contributed by atoms with van der Waals surface area (Å²) < 4.78 is 75.8. The van der Waals surface area contributed by atoms with Crippen LogP contribution in [0.1, 0.15) is 25.1 Å². The predicted octanol–water partition coefficient (Wildman–Crippen LogP) is 3.06. The van der Waals surface area contributed by atoms with Crippen LogP contribution in [-0.2, 0) is 29.7 Å². The molecule has 10 nitrogen and oxygen atoms in total. The van der Waals surface area contributed by atoms with Gasteiger partial charge in [-0.25, -0.2) is 22.3 Å². The SMILES string of the molecule is CC1NS(=O)(=O)N(c2cnn3c2CN[C@@H](Cc2ccc(OC(=O)Nc4cc(F)c(F)c(F)c4)cc2)C3)[C@H]1C. The molecule has 5 rings (SSSR count). The van der Waals surface area contributed by atoms with E-state index in [0.717, 1.165) is 11.3 Å². The monoisotopic (exact) mass is 550 g/mol. The first-order valence-corrected chi connectivity index (χ1v) is 13.3. The zero-order chi connectivity index (χ0) is 27.2. The number of rotatable bonds is 5. The highest BCUT2D eigenvalue weighted by molar-refractivity contribution is 7.91. The smallest absolute Gasteiger partial charge is 0.410 e. The van der Waals surface area contributed by atoms with Gasteiger partial charge in [-0.1, -0.05) is 12.1 Å². The van der Waals surface area contributed by atoms with E-state index in [4.69, 9.17) is 4.74 Å². The first kappa shape index (κ1) is 26.0. The fraction of sp³-hybridized carbons (Fsp3) is 0.333. The number of nitrogens with zero attached hydrogens (tertiary/aromatic N) is 3. The van der Waals surface area contributed by atoms with Crippen LogP contribution < -0.4 is 24.4 Å². The number of aromatic nitrogens is 2. The normalized spacial score (nSPS) is 22.2. The highest BCUT2D eigenvalue weighted by Crippen LogP contribution is 2.31. The number of carbonyl (C=O) groups excluding carboxylic acids is 1. The molecule has 2 aliphatic rings. The minimum atomic E-state index is -3.63. The van der Waals surface area contributed by atoms with Gasteiger partial charge in [-0.3, -0.25) is 10.00 Å². The van der Waals surface area contributed by atoms with E-state index in [1.54, 1.807) is 30.5 Å². The van der Waals surface area contributed by atoms with Crippen LogP contribution in [0, 0.1) is 17.5 Å². The van der Waals surface area contributed by atoms with Crippen molar-refractivity contribution < 1.29 is 31.1 Å². The van der Waals surface area contributed by atoms with Gasteiger partial charge < -0.3 is 10.1 Å². The Kier molecular flexibility index (Phi) is 6.79. The Bertz CT molecular complexity index is 1460. The summed E-state index contributed by atoms with van der Waals surface area (Å²) in [6, 6.07) is 7.57. The molecule has 2 aliphatic heterocycles. The molecule has 0 radical (unpaired) electrons. The maximum absolute atomic E-state index is 13.3. The van der Waals surface area contributed by atoms with Crippen LogP contribution in [0.4, 0.5) is 29.3 Å². The van der Waals surface area contributed by atoms with Crippen molar-refractivity contribution in [3.63, 3.8) is 0 Å². The molecule has 202 valence electrons. The summed E-state index contributed by atoms with van der Waals surface area (Å²) in [5, 5.41) is 10.0. The molecule has 0 aliphatic carbocycles. The summed E-state index contributed by atoms with van der Waals surface area (Å²) >= 11 is 0. The molecule has 3 N–H and O–H groups in total. The molecule has 1 fully saturated rings. The van der Waals surface area contributed by atoms with Gasteiger partial charge in [0.1, 0.15) is 5.75 Å². The number of fused-ring (bicyclic) bond motifs is 1. The van der Waals surface area contributed by atoms with Gasteiger partial charge in [0.05, 0.1) is 35.9 Å². The second kappa shape index (κ2) is 9.93. The van der Waals surface area contributed by atoms with Gasteiger partial charge in [0.2, 0.25) is 0 Å². The summed E-state index contributed by atoms with van der Waals surface area (Å²) in [6.07, 6.45) is 1.23. The van der Waals surface area contributed by atoms with E-state index < -0.39 is 33.8 Å². The first-order valence-electron chi connectivity index (χ1n) is 11.8. The van der Waals surface area contributed by atoms with Crippen LogP contribution in [0.25, 0.3) is 0 Å². The van der Waals surface area contributed by atoms with Crippen LogP contribution in [-0.4, -0.2) is 42.4 Å². The van der Waals surface area contributed by atoms with E-state index in [0.29, 0.717) is 37.3 Å². The Morgan fingerprint density at radius 3 is 2.47 bits per heavy atom. The second-order valence-corrected chi connectivity index (χ2v) is 10.9. The lowest BCUT2D eigenvalue weighted by molar-refractivity contribution is 0.215. The molecule has 0 bridgehead atoms. The molecule has 0 saturated carbocycles. The van der Waals surface area contributed by atoms with Crippen molar-refractivity contribution in [1.29, 1.82) is 0 Å². The fourth-order valence-electron chi connectivity index (χ4n) is 4.59. The summed E-state index contributed by atoms with van der Waals surface area (Å²) in [4.78, 5) is 12.0. The Morgan fingerprint density at radius 2 is 1.84 bits per heavy atom. The molecule has 1 amide bonds. The number of carbonyl (C=O) groups is 1. The van der Waals surface area contributed by atoms with E-state index in [1.165, 1.54) is 4.31 Å². The number of amides is 1. The Balaban J connectivity index is 1.19. The summed E-state index contributed by atoms with van der Waals surface area (Å²) in [6.45, 7) is 4.65. The number of nitrogens with one attached hydrogen (secondary N) is 3. The zero-order valence-corrected chi connectivity index (χ0v) is 21.2. The van der Waals surface area contributed by atoms with Gasteiger partial charge in [-0.2, -0.15) is 18.2 Å². The minimum absolute atomic E-state index is 0.0262. The van der Waals surface area contributed by atoms with Crippen LogP contribution in [0.2, 0.25) is 0 Å². The minimum Gasteiger partial charge on any atom is -0.410 e. The van der Waals surface area contributed by atoms with Gasteiger partial charge in [-0.05, 0) is 38.0 Å². The molecule has 1 aromatic heterocycles. The molecule has 0 spiro atoms. The van der Waals surface area contributed by atoms with Crippen LogP contribution in [0.5, 0.6) is 5.75 Å². The third kappa shape index (κ3) is 5.06. The number of halogens is 3. The van der Waals surface area contributed by atoms with E-state index in [1.807, 2.05) is 18.5 Å². The largest absolute Gasteiger partial charge is 0.417 e. The lowest BCUT2D eigenvalue weighted by Gasteiger charge is -2.28. The first-order chi connectivity index (χ1) is 18.0. The van der Waals surface area contributed by atoms with Crippen molar-refractivity contribution in [1.82, 2.24) is 19.8 Å². The van der Waals surface area contributed by atoms with E-state index >= 15 is 0 Å². The molecule has 3 aromatic rings. The number of hydrogen-bond donors (Lipinski definition) is 3. The molecular weight excluding hydrogens is 525 g/mol. The molecule has 1 unspecified atom stereocenters. The standard InChI is InChI=1S/C24H25F3N6O4S/c1-13-14(2)33(38(35,36)31-13)22-11-29-32-12-17(28-10-21(22)32)7-15-3-5-18(6-4-15)37-24(34)30-16-8-19(25)23(27)20(26)9-16/h3-6,8-9,11,13-14,17,28,31H,7,10,12H2,1-2H3,(H,30,34)/t13?,14-,17-/m0/s1. The molecule has 1 saturated heterocycles. The highest BCUT2D eigenvalue weighted by atomic mass is 32.2. The van der Waals surface area contributed by atoms with E-state index in [2.05, 4.69) is 20.5 Å². The predicted molar refractivity (Wildman–Crippen MR) is 132 cm³/mol. The number of hydrogen-bond acceptors (Lipinski definition) is 6. The van der Waals surface area contributed by atoms with Gasteiger partial charge in [0.25, 0.3) is 0 Å². The van der Waals surface area contributed by atoms with Crippen molar-refractivity contribution >= 4 is 27.7 Å². The molecule has 14 heteroatoms. The van der Waals surface area contributed by atoms with Crippen LogP contribution >= 0.6 is 0 Å². The van der Waals surface area contributed by atoms with E-state index in [9.17, 15) is 26.4 Å². The van der Waals surface area contributed by atoms with Crippen LogP contribution in [0.3, 0.4) is 0 Å². The van der Waals surface area contributed by atoms with Gasteiger partial charge >= 0.3 is 16.3 Å². The van der Waals surface area contributed by atoms with Gasteiger partial charge in [0, 0.05) is 30.8 Å². The lowest BCUT2D eigenvalue weighted by Crippen LogP contribution is -2.42.